The number of nitrogens with one attached hydrogen (secondary N) is 1. The number of nitrogens with zero attached hydrogens (tertiary/aromatic N) is 1. The number of aromatic nitrogens is 2. The van der Waals surface area contributed by atoms with Crippen molar-refractivity contribution >= 4 is 34.3 Å². The number of fused-ring (bicyclic) bond motifs is 1. The molecule has 0 aliphatic rings. The molecule has 0 aliphatic carbocycles. The van der Waals surface area contributed by atoms with Crippen molar-refractivity contribution in [3.63, 3.8) is 0 Å². The van der Waals surface area contributed by atoms with Crippen LogP contribution in [-0.2, 0) is 9.47 Å². The number of H-pyrrole nitrogens is 1. The number of esters is 1. The topological polar surface area (TPSA) is 73.3 Å². The molecule has 6 nitrogen and oxygen atoms in total. The largest absolute Gasteiger partial charge is 0.453 e. The first-order valence-corrected chi connectivity index (χ1v) is 9.36. The Hall–Kier alpha value is -2.57. The van der Waals surface area contributed by atoms with Gasteiger partial charge in [0.2, 0.25) is 5.78 Å². The SMILES string of the molecule is COCC(C)n1c(C)cc(C(=O)COC(=O)c2[nH]c3ccccc3c2Cl)c1C. The number of ether oxygens (including phenoxy) is 2. The third kappa shape index (κ3) is 3.70. The summed E-state index contributed by atoms with van der Waals surface area (Å²) in [7, 11) is 1.64. The van der Waals surface area contributed by atoms with Crippen LogP contribution in [0.4, 0.5) is 0 Å². The molecule has 0 bridgehead atoms. The van der Waals surface area contributed by atoms with E-state index in [0.717, 1.165) is 22.3 Å². The van der Waals surface area contributed by atoms with Gasteiger partial charge < -0.3 is 19.0 Å². The van der Waals surface area contributed by atoms with Crippen molar-refractivity contribution in [1.29, 1.82) is 0 Å². The van der Waals surface area contributed by atoms with E-state index in [2.05, 4.69) is 4.98 Å². The third-order valence-electron chi connectivity index (χ3n) is 4.81. The summed E-state index contributed by atoms with van der Waals surface area (Å²) in [4.78, 5) is 28.0. The molecule has 0 radical (unpaired) electrons. The molecule has 0 saturated carbocycles. The Morgan fingerprint density at radius 3 is 2.64 bits per heavy atom. The van der Waals surface area contributed by atoms with Crippen LogP contribution in [0.25, 0.3) is 10.9 Å². The summed E-state index contributed by atoms with van der Waals surface area (Å²) in [6, 6.07) is 9.22. The second kappa shape index (κ2) is 8.20. The van der Waals surface area contributed by atoms with E-state index in [1.165, 1.54) is 0 Å². The number of hydrogen-bond acceptors (Lipinski definition) is 4. The fourth-order valence-electron chi connectivity index (χ4n) is 3.58. The normalized spacial score (nSPS) is 12.3. The predicted octanol–water partition coefficient (Wildman–Crippen LogP) is 4.49. The number of Topliss-reactive ketones (excluding diaryl/α,β-unsaturated/α-hetero) is 1. The molecule has 1 atom stereocenters. The van der Waals surface area contributed by atoms with Gasteiger partial charge in [-0.3, -0.25) is 4.79 Å². The van der Waals surface area contributed by atoms with Crippen molar-refractivity contribution < 1.29 is 19.1 Å². The van der Waals surface area contributed by atoms with Gasteiger partial charge in [0.15, 0.2) is 6.61 Å². The Morgan fingerprint density at radius 2 is 1.96 bits per heavy atom. The zero-order chi connectivity index (χ0) is 20.4. The zero-order valence-electron chi connectivity index (χ0n) is 16.3. The van der Waals surface area contributed by atoms with Gasteiger partial charge in [-0.05, 0) is 32.9 Å². The van der Waals surface area contributed by atoms with Crippen LogP contribution >= 0.6 is 11.6 Å². The molecule has 1 aromatic carbocycles. The monoisotopic (exact) mass is 402 g/mol. The van der Waals surface area contributed by atoms with Crippen LogP contribution < -0.4 is 0 Å². The Morgan fingerprint density at radius 1 is 1.25 bits per heavy atom. The highest BCUT2D eigenvalue weighted by Crippen LogP contribution is 2.28. The number of aromatic amines is 1. The number of carbonyl (C=O) groups is 2. The molecule has 3 aromatic rings. The minimum absolute atomic E-state index is 0.0965. The van der Waals surface area contributed by atoms with Crippen molar-refractivity contribution in [1.82, 2.24) is 9.55 Å². The van der Waals surface area contributed by atoms with Gasteiger partial charge in [-0.1, -0.05) is 29.8 Å². The summed E-state index contributed by atoms with van der Waals surface area (Å²) in [6.07, 6.45) is 0. The maximum absolute atomic E-state index is 12.6. The summed E-state index contributed by atoms with van der Waals surface area (Å²) in [5.74, 6) is -0.916. The van der Waals surface area contributed by atoms with Crippen LogP contribution in [0, 0.1) is 13.8 Å². The minimum Gasteiger partial charge on any atom is -0.453 e. The number of para-hydroxylation sites is 1. The van der Waals surface area contributed by atoms with E-state index >= 15 is 0 Å². The number of halogens is 1. The molecule has 28 heavy (non-hydrogen) atoms. The highest BCUT2D eigenvalue weighted by Gasteiger charge is 2.22. The number of carbonyl (C=O) groups excluding carboxylic acids is 2. The van der Waals surface area contributed by atoms with Crippen LogP contribution in [-0.4, -0.2) is 41.6 Å². The molecule has 0 spiro atoms. The standard InChI is InChI=1S/C21H23ClN2O4/c1-12-9-16(14(3)24(12)13(2)10-27-4)18(25)11-28-21(26)20-19(22)15-7-5-6-8-17(15)23-20/h5-9,13,23H,10-11H2,1-4H3. The number of methoxy groups -OCH3 is 1. The first kappa shape index (κ1) is 20.2. The van der Waals surface area contributed by atoms with Gasteiger partial charge in [-0.25, -0.2) is 4.79 Å². The third-order valence-corrected chi connectivity index (χ3v) is 5.21. The maximum Gasteiger partial charge on any atom is 0.356 e. The quantitative estimate of drug-likeness (QED) is 0.467. The average molecular weight is 403 g/mol. The number of hydrogen-bond donors (Lipinski definition) is 1. The Balaban J connectivity index is 1.74. The molecule has 7 heteroatoms. The van der Waals surface area contributed by atoms with Crippen molar-refractivity contribution in [2.24, 2.45) is 0 Å². The lowest BCUT2D eigenvalue weighted by atomic mass is 10.1. The van der Waals surface area contributed by atoms with E-state index in [1.807, 2.05) is 55.7 Å². The first-order valence-electron chi connectivity index (χ1n) is 8.99. The van der Waals surface area contributed by atoms with E-state index in [0.29, 0.717) is 17.2 Å². The van der Waals surface area contributed by atoms with Gasteiger partial charge in [0.05, 0.1) is 17.7 Å². The fraction of sp³-hybridized carbons (Fsp3) is 0.333. The predicted molar refractivity (Wildman–Crippen MR) is 108 cm³/mol. The summed E-state index contributed by atoms with van der Waals surface area (Å²) in [5.41, 5.74) is 3.20. The lowest BCUT2D eigenvalue weighted by molar-refractivity contribution is 0.0470. The van der Waals surface area contributed by atoms with Crippen LogP contribution in [0.1, 0.15) is 45.2 Å². The fourth-order valence-corrected chi connectivity index (χ4v) is 3.87. The summed E-state index contributed by atoms with van der Waals surface area (Å²) in [6.45, 7) is 6.02. The smallest absolute Gasteiger partial charge is 0.356 e. The average Bonchev–Trinajstić information content (AvgIpc) is 3.16. The highest BCUT2D eigenvalue weighted by atomic mass is 35.5. The molecule has 1 N–H and O–H groups in total. The summed E-state index contributed by atoms with van der Waals surface area (Å²) < 4.78 is 12.5. The van der Waals surface area contributed by atoms with Gasteiger partial charge in [-0.2, -0.15) is 0 Å². The molecule has 1 unspecified atom stereocenters. The number of aryl methyl sites for hydroxylation is 1. The van der Waals surface area contributed by atoms with Gasteiger partial charge in [-0.15, -0.1) is 0 Å². The number of rotatable bonds is 7. The molecule has 0 saturated heterocycles. The Kier molecular flexibility index (Phi) is 5.91. The molecule has 148 valence electrons. The zero-order valence-corrected chi connectivity index (χ0v) is 17.1. The van der Waals surface area contributed by atoms with Gasteiger partial charge in [0, 0.05) is 35.0 Å². The van der Waals surface area contributed by atoms with Crippen LogP contribution in [0.5, 0.6) is 0 Å². The van der Waals surface area contributed by atoms with Crippen molar-refractivity contribution in [2.45, 2.75) is 26.8 Å². The van der Waals surface area contributed by atoms with E-state index < -0.39 is 5.97 Å². The van der Waals surface area contributed by atoms with Crippen LogP contribution in [0.3, 0.4) is 0 Å². The molecular weight excluding hydrogens is 380 g/mol. The van der Waals surface area contributed by atoms with Gasteiger partial charge in [0.1, 0.15) is 5.69 Å². The first-order chi connectivity index (χ1) is 13.3. The number of benzene rings is 1. The maximum atomic E-state index is 12.6. The van der Waals surface area contributed by atoms with E-state index in [-0.39, 0.29) is 24.1 Å². The van der Waals surface area contributed by atoms with Crippen molar-refractivity contribution in [2.75, 3.05) is 20.3 Å². The van der Waals surface area contributed by atoms with Crippen LogP contribution in [0.2, 0.25) is 5.02 Å². The molecular formula is C21H23ClN2O4. The molecule has 0 amide bonds. The summed E-state index contributed by atoms with van der Waals surface area (Å²) in [5, 5.41) is 1.03. The van der Waals surface area contributed by atoms with E-state index in [9.17, 15) is 9.59 Å². The van der Waals surface area contributed by atoms with E-state index in [1.54, 1.807) is 7.11 Å². The molecule has 0 fully saturated rings. The highest BCUT2D eigenvalue weighted by molar-refractivity contribution is 6.38. The Labute approximate surface area is 168 Å². The lowest BCUT2D eigenvalue weighted by Crippen LogP contribution is -2.17. The van der Waals surface area contributed by atoms with Crippen LogP contribution in [0.15, 0.2) is 30.3 Å². The lowest BCUT2D eigenvalue weighted by Gasteiger charge is -2.17. The van der Waals surface area contributed by atoms with Crippen molar-refractivity contribution in [3.8, 4) is 0 Å². The number of ketones is 1. The summed E-state index contributed by atoms with van der Waals surface area (Å²) >= 11 is 6.27. The molecule has 0 aliphatic heterocycles. The second-order valence-electron chi connectivity index (χ2n) is 6.82. The van der Waals surface area contributed by atoms with Crippen molar-refractivity contribution in [3.05, 3.63) is 58.0 Å². The molecule has 2 aromatic heterocycles. The molecule has 2 heterocycles. The van der Waals surface area contributed by atoms with Gasteiger partial charge >= 0.3 is 5.97 Å². The Bertz CT molecular complexity index is 1030. The minimum atomic E-state index is -0.656. The molecule has 3 rings (SSSR count). The van der Waals surface area contributed by atoms with E-state index in [4.69, 9.17) is 21.1 Å². The van der Waals surface area contributed by atoms with Gasteiger partial charge in [0.25, 0.3) is 0 Å². The second-order valence-corrected chi connectivity index (χ2v) is 7.20.